The minimum atomic E-state index is -0.587. The molecule has 2 atom stereocenters. The third-order valence-electron chi connectivity index (χ3n) is 3.88. The van der Waals surface area contributed by atoms with Gasteiger partial charge in [-0.25, -0.2) is 0 Å². The summed E-state index contributed by atoms with van der Waals surface area (Å²) in [7, 11) is 0. The van der Waals surface area contributed by atoms with E-state index in [0.717, 1.165) is 32.1 Å². The van der Waals surface area contributed by atoms with Crippen molar-refractivity contribution >= 4 is 0 Å². The summed E-state index contributed by atoms with van der Waals surface area (Å²) in [6.07, 6.45) is 4.46. The summed E-state index contributed by atoms with van der Waals surface area (Å²) in [5.41, 5.74) is 9.18. The quantitative estimate of drug-likeness (QED) is 0.824. The molecule has 0 aromatic heterocycles. The van der Waals surface area contributed by atoms with Crippen LogP contribution in [0.5, 0.6) is 0 Å². The highest BCUT2D eigenvalue weighted by atomic mass is 16.3. The first-order valence-electron chi connectivity index (χ1n) is 6.53. The van der Waals surface area contributed by atoms with Gasteiger partial charge in [0.1, 0.15) is 0 Å². The first-order chi connectivity index (χ1) is 7.98. The van der Waals surface area contributed by atoms with Crippen LogP contribution >= 0.6 is 0 Å². The van der Waals surface area contributed by atoms with Gasteiger partial charge in [0.15, 0.2) is 0 Å². The third-order valence-corrected chi connectivity index (χ3v) is 3.88. The molecule has 0 aliphatic heterocycles. The van der Waals surface area contributed by atoms with E-state index in [1.165, 1.54) is 16.7 Å². The number of hydrogen-bond acceptors (Lipinski definition) is 2. The van der Waals surface area contributed by atoms with Crippen molar-refractivity contribution in [2.24, 2.45) is 5.73 Å². The van der Waals surface area contributed by atoms with E-state index in [0.29, 0.717) is 0 Å². The molecule has 2 heteroatoms. The summed E-state index contributed by atoms with van der Waals surface area (Å²) < 4.78 is 0. The highest BCUT2D eigenvalue weighted by Gasteiger charge is 2.33. The van der Waals surface area contributed by atoms with Crippen molar-refractivity contribution in [1.29, 1.82) is 0 Å². The molecule has 17 heavy (non-hydrogen) atoms. The van der Waals surface area contributed by atoms with Gasteiger partial charge in [-0.15, -0.1) is 0 Å². The van der Waals surface area contributed by atoms with E-state index in [-0.39, 0.29) is 6.04 Å². The molecule has 0 bridgehead atoms. The van der Waals surface area contributed by atoms with Crippen molar-refractivity contribution in [3.05, 3.63) is 34.9 Å². The fourth-order valence-electron chi connectivity index (χ4n) is 2.89. The predicted molar refractivity (Wildman–Crippen MR) is 71.0 cm³/mol. The Bertz CT molecular complexity index is 402. The van der Waals surface area contributed by atoms with Crippen LogP contribution in [0.4, 0.5) is 0 Å². The lowest BCUT2D eigenvalue weighted by Crippen LogP contribution is -2.42. The Morgan fingerprint density at radius 1 is 1.41 bits per heavy atom. The van der Waals surface area contributed by atoms with Crippen molar-refractivity contribution in [2.75, 3.05) is 0 Å². The Balaban J connectivity index is 2.16. The SMILES string of the molecule is Cc1ccc(C)c(CC2(O)CCCC(N)C2)c1. The van der Waals surface area contributed by atoms with Crippen LogP contribution in [0.1, 0.15) is 42.4 Å². The highest BCUT2D eigenvalue weighted by Crippen LogP contribution is 2.31. The van der Waals surface area contributed by atoms with Gasteiger partial charge in [-0.05, 0) is 50.7 Å². The molecular formula is C15H23NO. The summed E-state index contributed by atoms with van der Waals surface area (Å²) in [5, 5.41) is 10.6. The van der Waals surface area contributed by atoms with Crippen LogP contribution < -0.4 is 5.73 Å². The van der Waals surface area contributed by atoms with Crippen LogP contribution in [0.15, 0.2) is 18.2 Å². The highest BCUT2D eigenvalue weighted by molar-refractivity contribution is 5.31. The number of hydrogen-bond donors (Lipinski definition) is 2. The van der Waals surface area contributed by atoms with E-state index in [1.807, 2.05) is 0 Å². The summed E-state index contributed by atoms with van der Waals surface area (Å²) in [6.45, 7) is 4.21. The Morgan fingerprint density at radius 3 is 2.88 bits per heavy atom. The Labute approximate surface area is 104 Å². The number of rotatable bonds is 2. The fraction of sp³-hybridized carbons (Fsp3) is 0.600. The molecular weight excluding hydrogens is 210 g/mol. The van der Waals surface area contributed by atoms with Crippen LogP contribution in [0, 0.1) is 13.8 Å². The van der Waals surface area contributed by atoms with E-state index in [1.54, 1.807) is 0 Å². The summed E-state index contributed by atoms with van der Waals surface area (Å²) in [5.74, 6) is 0. The van der Waals surface area contributed by atoms with Crippen LogP contribution in [0.3, 0.4) is 0 Å². The normalized spacial score (nSPS) is 29.3. The Morgan fingerprint density at radius 2 is 2.18 bits per heavy atom. The van der Waals surface area contributed by atoms with E-state index in [9.17, 15) is 5.11 Å². The van der Waals surface area contributed by atoms with Gasteiger partial charge in [-0.1, -0.05) is 23.8 Å². The van der Waals surface area contributed by atoms with Gasteiger partial charge in [0.05, 0.1) is 5.60 Å². The Kier molecular flexibility index (Phi) is 3.55. The molecule has 1 aliphatic carbocycles. The zero-order valence-electron chi connectivity index (χ0n) is 10.9. The summed E-state index contributed by atoms with van der Waals surface area (Å²) in [6, 6.07) is 6.61. The second kappa shape index (κ2) is 4.79. The average Bonchev–Trinajstić information content (AvgIpc) is 2.22. The molecule has 0 radical (unpaired) electrons. The minimum absolute atomic E-state index is 0.166. The average molecular weight is 233 g/mol. The first kappa shape index (κ1) is 12.6. The van der Waals surface area contributed by atoms with Gasteiger partial charge in [0, 0.05) is 12.5 Å². The smallest absolute Gasteiger partial charge is 0.0702 e. The van der Waals surface area contributed by atoms with E-state index in [2.05, 4.69) is 32.0 Å². The summed E-state index contributed by atoms with van der Waals surface area (Å²) in [4.78, 5) is 0. The van der Waals surface area contributed by atoms with E-state index >= 15 is 0 Å². The number of aryl methyl sites for hydroxylation is 2. The Hall–Kier alpha value is -0.860. The molecule has 1 saturated carbocycles. The van der Waals surface area contributed by atoms with Crippen LogP contribution in [-0.4, -0.2) is 16.7 Å². The monoisotopic (exact) mass is 233 g/mol. The summed E-state index contributed by atoms with van der Waals surface area (Å²) >= 11 is 0. The first-order valence-corrected chi connectivity index (χ1v) is 6.53. The number of benzene rings is 1. The minimum Gasteiger partial charge on any atom is -0.389 e. The van der Waals surface area contributed by atoms with Gasteiger partial charge >= 0.3 is 0 Å². The maximum absolute atomic E-state index is 10.6. The fourth-order valence-corrected chi connectivity index (χ4v) is 2.89. The molecule has 94 valence electrons. The molecule has 1 aliphatic rings. The number of aliphatic hydroxyl groups is 1. The second-order valence-corrected chi connectivity index (χ2v) is 5.69. The van der Waals surface area contributed by atoms with Crippen molar-refractivity contribution < 1.29 is 5.11 Å². The van der Waals surface area contributed by atoms with Crippen molar-refractivity contribution in [1.82, 2.24) is 0 Å². The molecule has 0 spiro atoms. The largest absolute Gasteiger partial charge is 0.389 e. The van der Waals surface area contributed by atoms with Crippen molar-refractivity contribution in [2.45, 2.75) is 57.6 Å². The lowest BCUT2D eigenvalue weighted by molar-refractivity contribution is -0.00203. The molecule has 0 saturated heterocycles. The zero-order chi connectivity index (χ0) is 12.5. The van der Waals surface area contributed by atoms with Crippen molar-refractivity contribution in [3.8, 4) is 0 Å². The van der Waals surface area contributed by atoms with Gasteiger partial charge < -0.3 is 10.8 Å². The number of nitrogens with two attached hydrogens (primary N) is 1. The maximum Gasteiger partial charge on any atom is 0.0702 e. The van der Waals surface area contributed by atoms with Crippen LogP contribution in [0.25, 0.3) is 0 Å². The molecule has 1 fully saturated rings. The topological polar surface area (TPSA) is 46.2 Å². The molecule has 2 nitrogen and oxygen atoms in total. The molecule has 2 unspecified atom stereocenters. The van der Waals surface area contributed by atoms with Gasteiger partial charge in [-0.3, -0.25) is 0 Å². The third kappa shape index (κ3) is 3.08. The van der Waals surface area contributed by atoms with Crippen LogP contribution in [0.2, 0.25) is 0 Å². The van der Waals surface area contributed by atoms with E-state index in [4.69, 9.17) is 5.73 Å². The predicted octanol–water partition coefficient (Wildman–Crippen LogP) is 2.48. The zero-order valence-corrected chi connectivity index (χ0v) is 10.9. The second-order valence-electron chi connectivity index (χ2n) is 5.69. The van der Waals surface area contributed by atoms with Crippen LogP contribution in [-0.2, 0) is 6.42 Å². The molecule has 1 aromatic carbocycles. The van der Waals surface area contributed by atoms with E-state index < -0.39 is 5.60 Å². The van der Waals surface area contributed by atoms with Gasteiger partial charge in [0.25, 0.3) is 0 Å². The van der Waals surface area contributed by atoms with Crippen molar-refractivity contribution in [3.63, 3.8) is 0 Å². The lowest BCUT2D eigenvalue weighted by Gasteiger charge is -2.36. The maximum atomic E-state index is 10.6. The van der Waals surface area contributed by atoms with Gasteiger partial charge in [0.2, 0.25) is 0 Å². The molecule has 0 heterocycles. The molecule has 0 amide bonds. The van der Waals surface area contributed by atoms with Gasteiger partial charge in [-0.2, -0.15) is 0 Å². The standard InChI is InChI=1S/C15H23NO/c1-11-5-6-12(2)13(8-11)9-15(17)7-3-4-14(16)10-15/h5-6,8,14,17H,3-4,7,9-10,16H2,1-2H3. The molecule has 1 aromatic rings. The molecule has 3 N–H and O–H groups in total. The lowest BCUT2D eigenvalue weighted by atomic mass is 9.77. The molecule has 2 rings (SSSR count).